The molecule has 0 aliphatic heterocycles. The summed E-state index contributed by atoms with van der Waals surface area (Å²) in [5, 5.41) is 2.84. The summed E-state index contributed by atoms with van der Waals surface area (Å²) in [6.07, 6.45) is 2.47. The zero-order valence-corrected chi connectivity index (χ0v) is 10.6. The van der Waals surface area contributed by atoms with Gasteiger partial charge >= 0.3 is 0 Å². The lowest BCUT2D eigenvalue weighted by molar-refractivity contribution is 0.0944. The van der Waals surface area contributed by atoms with Gasteiger partial charge in [0.05, 0.1) is 5.69 Å². The van der Waals surface area contributed by atoms with Crippen molar-refractivity contribution in [2.75, 3.05) is 12.0 Å². The fraction of sp³-hybridized carbons (Fsp3) is 0.500. The predicted molar refractivity (Wildman–Crippen MR) is 68.5 cm³/mol. The number of aromatic nitrogens is 1. The highest BCUT2D eigenvalue weighted by molar-refractivity contribution is 5.93. The SMILES string of the molecule is CC(C)(C)CCNC(=O)c1cc(NN)ccn1. The van der Waals surface area contributed by atoms with Crippen LogP contribution in [-0.4, -0.2) is 17.4 Å². The topological polar surface area (TPSA) is 80.0 Å². The number of nitrogens with two attached hydrogens (primary N) is 1. The second-order valence-corrected chi connectivity index (χ2v) is 5.14. The van der Waals surface area contributed by atoms with Crippen LogP contribution in [0.25, 0.3) is 0 Å². The molecule has 0 saturated carbocycles. The Morgan fingerprint density at radius 2 is 2.18 bits per heavy atom. The van der Waals surface area contributed by atoms with Crippen molar-refractivity contribution >= 4 is 11.6 Å². The van der Waals surface area contributed by atoms with Gasteiger partial charge in [-0.2, -0.15) is 0 Å². The molecular formula is C12H20N4O. The molecule has 0 fully saturated rings. The molecular weight excluding hydrogens is 216 g/mol. The van der Waals surface area contributed by atoms with E-state index in [9.17, 15) is 4.79 Å². The summed E-state index contributed by atoms with van der Waals surface area (Å²) in [5.41, 5.74) is 3.73. The summed E-state index contributed by atoms with van der Waals surface area (Å²) in [6.45, 7) is 7.05. The summed E-state index contributed by atoms with van der Waals surface area (Å²) in [4.78, 5) is 15.8. The quantitative estimate of drug-likeness (QED) is 0.547. The third-order valence-corrected chi connectivity index (χ3v) is 2.32. The van der Waals surface area contributed by atoms with E-state index in [1.165, 1.54) is 0 Å². The average Bonchev–Trinajstić information content (AvgIpc) is 2.27. The molecule has 1 amide bonds. The minimum absolute atomic E-state index is 0.175. The van der Waals surface area contributed by atoms with Gasteiger partial charge in [-0.25, -0.2) is 0 Å². The van der Waals surface area contributed by atoms with Gasteiger partial charge in [0.1, 0.15) is 5.69 Å². The Morgan fingerprint density at radius 1 is 1.47 bits per heavy atom. The number of rotatable bonds is 4. The second-order valence-electron chi connectivity index (χ2n) is 5.14. The van der Waals surface area contributed by atoms with Gasteiger partial charge in [-0.1, -0.05) is 20.8 Å². The highest BCUT2D eigenvalue weighted by Crippen LogP contribution is 2.17. The number of nitrogens with one attached hydrogen (secondary N) is 2. The van der Waals surface area contributed by atoms with Crippen LogP contribution in [0.5, 0.6) is 0 Å². The van der Waals surface area contributed by atoms with E-state index in [4.69, 9.17) is 5.84 Å². The molecule has 0 atom stereocenters. The minimum Gasteiger partial charge on any atom is -0.351 e. The fourth-order valence-corrected chi connectivity index (χ4v) is 1.29. The number of amides is 1. The van der Waals surface area contributed by atoms with Crippen molar-refractivity contribution in [3.8, 4) is 0 Å². The van der Waals surface area contributed by atoms with Gasteiger partial charge in [0.25, 0.3) is 5.91 Å². The lowest BCUT2D eigenvalue weighted by Gasteiger charge is -2.17. The standard InChI is InChI=1S/C12H20N4O/c1-12(2,3)5-7-15-11(17)10-8-9(16-13)4-6-14-10/h4,6,8H,5,7,13H2,1-3H3,(H,14,16)(H,15,17). The van der Waals surface area contributed by atoms with Crippen molar-refractivity contribution in [2.45, 2.75) is 27.2 Å². The molecule has 0 saturated heterocycles. The van der Waals surface area contributed by atoms with Crippen LogP contribution in [-0.2, 0) is 0 Å². The lowest BCUT2D eigenvalue weighted by atomic mass is 9.92. The van der Waals surface area contributed by atoms with E-state index in [0.717, 1.165) is 6.42 Å². The van der Waals surface area contributed by atoms with E-state index in [-0.39, 0.29) is 11.3 Å². The monoisotopic (exact) mass is 236 g/mol. The Kier molecular flexibility index (Phi) is 4.45. The van der Waals surface area contributed by atoms with Gasteiger partial charge in [-0.05, 0) is 24.0 Å². The summed E-state index contributed by atoms with van der Waals surface area (Å²) in [5.74, 6) is 5.09. The Hall–Kier alpha value is -1.62. The molecule has 0 aliphatic carbocycles. The Morgan fingerprint density at radius 3 is 2.76 bits per heavy atom. The molecule has 5 heteroatoms. The Balaban J connectivity index is 2.52. The summed E-state index contributed by atoms with van der Waals surface area (Å²) < 4.78 is 0. The molecule has 0 radical (unpaired) electrons. The molecule has 0 aliphatic rings. The Labute approximate surface area is 102 Å². The molecule has 5 nitrogen and oxygen atoms in total. The molecule has 1 aromatic heterocycles. The van der Waals surface area contributed by atoms with Crippen LogP contribution in [0.1, 0.15) is 37.7 Å². The maximum absolute atomic E-state index is 11.8. The molecule has 0 unspecified atom stereocenters. The number of nitrogens with zero attached hydrogens (tertiary/aromatic N) is 1. The number of nitrogen functional groups attached to an aromatic ring is 1. The zero-order valence-electron chi connectivity index (χ0n) is 10.6. The Bertz CT molecular complexity index is 384. The van der Waals surface area contributed by atoms with E-state index >= 15 is 0 Å². The van der Waals surface area contributed by atoms with Crippen LogP contribution < -0.4 is 16.6 Å². The third kappa shape index (κ3) is 4.82. The van der Waals surface area contributed by atoms with Gasteiger partial charge in [0.15, 0.2) is 0 Å². The number of anilines is 1. The van der Waals surface area contributed by atoms with E-state index < -0.39 is 0 Å². The maximum Gasteiger partial charge on any atom is 0.269 e. The number of hydrazine groups is 1. The second kappa shape index (κ2) is 5.63. The van der Waals surface area contributed by atoms with Gasteiger partial charge in [0.2, 0.25) is 0 Å². The molecule has 0 bridgehead atoms. The highest BCUT2D eigenvalue weighted by atomic mass is 16.1. The molecule has 17 heavy (non-hydrogen) atoms. The molecule has 4 N–H and O–H groups in total. The normalized spacial score (nSPS) is 11.1. The maximum atomic E-state index is 11.8. The molecule has 1 rings (SSSR count). The first kappa shape index (κ1) is 13.4. The molecule has 1 heterocycles. The van der Waals surface area contributed by atoms with E-state index in [1.807, 2.05) is 0 Å². The largest absolute Gasteiger partial charge is 0.351 e. The first-order chi connectivity index (χ1) is 7.92. The van der Waals surface area contributed by atoms with Crippen LogP contribution in [0.3, 0.4) is 0 Å². The zero-order chi connectivity index (χ0) is 12.9. The number of carbonyl (C=O) groups is 1. The van der Waals surface area contributed by atoms with Crippen molar-refractivity contribution in [1.29, 1.82) is 0 Å². The smallest absolute Gasteiger partial charge is 0.269 e. The first-order valence-corrected chi connectivity index (χ1v) is 5.63. The number of hydrogen-bond donors (Lipinski definition) is 3. The predicted octanol–water partition coefficient (Wildman–Crippen LogP) is 1.53. The molecule has 94 valence electrons. The fourth-order valence-electron chi connectivity index (χ4n) is 1.29. The van der Waals surface area contributed by atoms with Crippen molar-refractivity contribution in [1.82, 2.24) is 10.3 Å². The third-order valence-electron chi connectivity index (χ3n) is 2.32. The van der Waals surface area contributed by atoms with Crippen LogP contribution in [0.15, 0.2) is 18.3 Å². The van der Waals surface area contributed by atoms with Crippen LogP contribution >= 0.6 is 0 Å². The summed E-state index contributed by atoms with van der Waals surface area (Å²) in [7, 11) is 0. The van der Waals surface area contributed by atoms with E-state index in [0.29, 0.717) is 17.9 Å². The molecule has 0 aromatic carbocycles. The van der Waals surface area contributed by atoms with Gasteiger partial charge in [-0.3, -0.25) is 15.6 Å². The van der Waals surface area contributed by atoms with Crippen molar-refractivity contribution in [2.24, 2.45) is 11.3 Å². The summed E-state index contributed by atoms with van der Waals surface area (Å²) >= 11 is 0. The highest BCUT2D eigenvalue weighted by Gasteiger charge is 2.12. The number of hydrogen-bond acceptors (Lipinski definition) is 4. The van der Waals surface area contributed by atoms with Gasteiger partial charge in [-0.15, -0.1) is 0 Å². The lowest BCUT2D eigenvalue weighted by Crippen LogP contribution is -2.28. The van der Waals surface area contributed by atoms with Gasteiger partial charge in [0, 0.05) is 12.7 Å². The average molecular weight is 236 g/mol. The number of carbonyl (C=O) groups excluding carboxylic acids is 1. The molecule has 0 spiro atoms. The van der Waals surface area contributed by atoms with Crippen LogP contribution in [0, 0.1) is 5.41 Å². The number of pyridine rings is 1. The van der Waals surface area contributed by atoms with Crippen molar-refractivity contribution in [3.63, 3.8) is 0 Å². The summed E-state index contributed by atoms with van der Waals surface area (Å²) in [6, 6.07) is 3.32. The molecule has 1 aromatic rings. The van der Waals surface area contributed by atoms with E-state index in [1.54, 1.807) is 18.3 Å². The van der Waals surface area contributed by atoms with Gasteiger partial charge < -0.3 is 10.7 Å². The van der Waals surface area contributed by atoms with E-state index in [2.05, 4.69) is 36.5 Å². The van der Waals surface area contributed by atoms with Crippen LogP contribution in [0.2, 0.25) is 0 Å². The minimum atomic E-state index is -0.175. The van der Waals surface area contributed by atoms with Crippen molar-refractivity contribution < 1.29 is 4.79 Å². The van der Waals surface area contributed by atoms with Crippen molar-refractivity contribution in [3.05, 3.63) is 24.0 Å². The first-order valence-electron chi connectivity index (χ1n) is 5.63. The van der Waals surface area contributed by atoms with Crippen LogP contribution in [0.4, 0.5) is 5.69 Å².